The van der Waals surface area contributed by atoms with Gasteiger partial charge in [-0.15, -0.1) is 0 Å². The maximum absolute atomic E-state index is 12.1. The monoisotopic (exact) mass is 519 g/mol. The Balaban J connectivity index is 1.93. The number of amides is 2. The van der Waals surface area contributed by atoms with E-state index in [4.69, 9.17) is 14.2 Å². The number of carbonyl (C=O) groups is 3. The van der Waals surface area contributed by atoms with E-state index in [1.54, 1.807) is 25.1 Å². The average Bonchev–Trinajstić information content (AvgIpc) is 2.75. The predicted octanol–water partition coefficient (Wildman–Crippen LogP) is 3.50. The SMILES string of the molecule is CCOC(=O)COc1c(Br)cc(C=NNC(=O)CC(=O)Nc2ccc(C)c(C)c2)cc1OC. The number of hydrogen-bond donors (Lipinski definition) is 2. The number of rotatable bonds is 10. The normalized spacial score (nSPS) is 10.6. The van der Waals surface area contributed by atoms with E-state index in [-0.39, 0.29) is 19.6 Å². The van der Waals surface area contributed by atoms with Gasteiger partial charge < -0.3 is 19.5 Å². The van der Waals surface area contributed by atoms with Crippen molar-refractivity contribution in [1.29, 1.82) is 0 Å². The van der Waals surface area contributed by atoms with Gasteiger partial charge in [-0.05, 0) is 77.7 Å². The molecule has 0 fully saturated rings. The summed E-state index contributed by atoms with van der Waals surface area (Å²) in [6.45, 7) is 5.62. The van der Waals surface area contributed by atoms with Crippen molar-refractivity contribution in [2.75, 3.05) is 25.6 Å². The molecule has 0 saturated heterocycles. The lowest BCUT2D eigenvalue weighted by Gasteiger charge is -2.13. The predicted molar refractivity (Wildman–Crippen MR) is 128 cm³/mol. The summed E-state index contributed by atoms with van der Waals surface area (Å²) in [5, 5.41) is 6.56. The van der Waals surface area contributed by atoms with Crippen LogP contribution in [0.1, 0.15) is 30.0 Å². The van der Waals surface area contributed by atoms with Gasteiger partial charge >= 0.3 is 5.97 Å². The zero-order valence-electron chi connectivity index (χ0n) is 18.9. The summed E-state index contributed by atoms with van der Waals surface area (Å²) in [7, 11) is 1.45. The molecule has 0 heterocycles. The molecular formula is C23H26BrN3O6. The van der Waals surface area contributed by atoms with E-state index < -0.39 is 17.8 Å². The molecule has 0 saturated carbocycles. The first kappa shape index (κ1) is 25.9. The quantitative estimate of drug-likeness (QED) is 0.215. The minimum atomic E-state index is -0.562. The number of aryl methyl sites for hydroxylation is 2. The first-order valence-corrected chi connectivity index (χ1v) is 10.9. The largest absolute Gasteiger partial charge is 0.493 e. The minimum Gasteiger partial charge on any atom is -0.493 e. The molecule has 0 bridgehead atoms. The summed E-state index contributed by atoms with van der Waals surface area (Å²) in [4.78, 5) is 35.6. The third-order valence-corrected chi connectivity index (χ3v) is 5.00. The summed E-state index contributed by atoms with van der Waals surface area (Å²) in [6.07, 6.45) is 1.01. The van der Waals surface area contributed by atoms with Crippen LogP contribution in [0.2, 0.25) is 0 Å². The molecule has 0 spiro atoms. The number of hydrogen-bond acceptors (Lipinski definition) is 7. The maximum atomic E-state index is 12.1. The molecule has 33 heavy (non-hydrogen) atoms. The van der Waals surface area contributed by atoms with Gasteiger partial charge in [0.2, 0.25) is 11.8 Å². The average molecular weight is 520 g/mol. The lowest BCUT2D eigenvalue weighted by molar-refractivity contribution is -0.145. The van der Waals surface area contributed by atoms with Crippen molar-refractivity contribution in [1.82, 2.24) is 5.43 Å². The highest BCUT2D eigenvalue weighted by Crippen LogP contribution is 2.36. The molecule has 0 aliphatic heterocycles. The topological polar surface area (TPSA) is 115 Å². The first-order chi connectivity index (χ1) is 15.7. The standard InChI is InChI=1S/C23H26BrN3O6/c1-5-32-22(30)13-33-23-18(24)9-16(10-19(23)31-4)12-25-27-21(29)11-20(28)26-17-7-6-14(2)15(3)8-17/h6-10,12H,5,11,13H2,1-4H3,(H,26,28)(H,27,29). The highest BCUT2D eigenvalue weighted by Gasteiger charge is 2.14. The lowest BCUT2D eigenvalue weighted by Crippen LogP contribution is -2.24. The van der Waals surface area contributed by atoms with Crippen molar-refractivity contribution in [3.8, 4) is 11.5 Å². The summed E-state index contributed by atoms with van der Waals surface area (Å²) >= 11 is 3.36. The highest BCUT2D eigenvalue weighted by atomic mass is 79.9. The number of methoxy groups -OCH3 is 1. The van der Waals surface area contributed by atoms with Crippen LogP contribution in [-0.4, -0.2) is 44.3 Å². The first-order valence-electron chi connectivity index (χ1n) is 10.1. The fourth-order valence-corrected chi connectivity index (χ4v) is 3.25. The Kier molecular flexibility index (Phi) is 9.86. The number of anilines is 1. The summed E-state index contributed by atoms with van der Waals surface area (Å²) < 4.78 is 16.1. The Morgan fingerprint density at radius 2 is 1.85 bits per heavy atom. The third-order valence-electron chi connectivity index (χ3n) is 4.41. The van der Waals surface area contributed by atoms with Crippen LogP contribution in [-0.2, 0) is 19.1 Å². The fraction of sp³-hybridized carbons (Fsp3) is 0.304. The zero-order chi connectivity index (χ0) is 24.4. The van der Waals surface area contributed by atoms with E-state index >= 15 is 0 Å². The van der Waals surface area contributed by atoms with Crippen molar-refractivity contribution in [2.45, 2.75) is 27.2 Å². The number of halogens is 1. The van der Waals surface area contributed by atoms with Crippen molar-refractivity contribution in [2.24, 2.45) is 5.10 Å². The Morgan fingerprint density at radius 1 is 1.09 bits per heavy atom. The Morgan fingerprint density at radius 3 is 2.52 bits per heavy atom. The van der Waals surface area contributed by atoms with Crippen LogP contribution < -0.4 is 20.2 Å². The summed E-state index contributed by atoms with van der Waals surface area (Å²) in [6, 6.07) is 8.81. The third kappa shape index (κ3) is 8.23. The maximum Gasteiger partial charge on any atom is 0.344 e. The Bertz CT molecular complexity index is 1050. The molecule has 2 rings (SSSR count). The van der Waals surface area contributed by atoms with E-state index in [9.17, 15) is 14.4 Å². The van der Waals surface area contributed by atoms with Gasteiger partial charge in [0, 0.05) is 5.69 Å². The van der Waals surface area contributed by atoms with Gasteiger partial charge in [0.05, 0.1) is 24.4 Å². The molecule has 0 aromatic heterocycles. The molecule has 9 nitrogen and oxygen atoms in total. The highest BCUT2D eigenvalue weighted by molar-refractivity contribution is 9.10. The number of hydrazone groups is 1. The van der Waals surface area contributed by atoms with E-state index in [0.717, 1.165) is 11.1 Å². The molecule has 10 heteroatoms. The Labute approximate surface area is 200 Å². The number of nitrogens with zero attached hydrogens (tertiary/aromatic N) is 1. The molecule has 2 amide bonds. The van der Waals surface area contributed by atoms with Crippen molar-refractivity contribution in [3.63, 3.8) is 0 Å². The number of nitrogens with one attached hydrogen (secondary N) is 2. The minimum absolute atomic E-state index is 0.259. The zero-order valence-corrected chi connectivity index (χ0v) is 20.4. The summed E-state index contributed by atoms with van der Waals surface area (Å²) in [5.41, 5.74) is 5.68. The number of benzene rings is 2. The molecule has 2 aromatic rings. The second-order valence-corrected chi connectivity index (χ2v) is 7.80. The van der Waals surface area contributed by atoms with Crippen LogP contribution in [0.5, 0.6) is 11.5 Å². The van der Waals surface area contributed by atoms with Gasteiger partial charge in [-0.3, -0.25) is 9.59 Å². The van der Waals surface area contributed by atoms with Gasteiger partial charge in [0.1, 0.15) is 6.42 Å². The summed E-state index contributed by atoms with van der Waals surface area (Å²) in [5.74, 6) is -0.822. The fourth-order valence-electron chi connectivity index (χ4n) is 2.68. The molecule has 176 valence electrons. The molecule has 0 unspecified atom stereocenters. The van der Waals surface area contributed by atoms with Crippen molar-refractivity contribution < 1.29 is 28.6 Å². The van der Waals surface area contributed by atoms with Crippen LogP contribution >= 0.6 is 15.9 Å². The van der Waals surface area contributed by atoms with E-state index in [2.05, 4.69) is 31.8 Å². The van der Waals surface area contributed by atoms with Gasteiger partial charge in [-0.25, -0.2) is 10.2 Å². The van der Waals surface area contributed by atoms with Crippen LogP contribution in [0.15, 0.2) is 39.9 Å². The number of carbonyl (C=O) groups excluding carboxylic acids is 3. The molecule has 2 N–H and O–H groups in total. The van der Waals surface area contributed by atoms with E-state index in [1.807, 2.05) is 26.0 Å². The molecule has 0 atom stereocenters. The van der Waals surface area contributed by atoms with E-state index in [1.165, 1.54) is 13.3 Å². The number of esters is 1. The molecule has 0 aliphatic carbocycles. The smallest absolute Gasteiger partial charge is 0.344 e. The van der Waals surface area contributed by atoms with Gasteiger partial charge in [-0.1, -0.05) is 6.07 Å². The lowest BCUT2D eigenvalue weighted by atomic mass is 10.1. The van der Waals surface area contributed by atoms with Crippen LogP contribution in [0, 0.1) is 13.8 Å². The van der Waals surface area contributed by atoms with Gasteiger partial charge in [0.25, 0.3) is 0 Å². The molecule has 2 aromatic carbocycles. The molecule has 0 radical (unpaired) electrons. The second-order valence-electron chi connectivity index (χ2n) is 6.94. The Hall–Kier alpha value is -3.40. The van der Waals surface area contributed by atoms with Crippen LogP contribution in [0.4, 0.5) is 5.69 Å². The van der Waals surface area contributed by atoms with Gasteiger partial charge in [0.15, 0.2) is 18.1 Å². The van der Waals surface area contributed by atoms with E-state index in [0.29, 0.717) is 27.2 Å². The molecule has 0 aliphatic rings. The van der Waals surface area contributed by atoms with Gasteiger partial charge in [-0.2, -0.15) is 5.10 Å². The van der Waals surface area contributed by atoms with Crippen LogP contribution in [0.25, 0.3) is 0 Å². The van der Waals surface area contributed by atoms with Crippen LogP contribution in [0.3, 0.4) is 0 Å². The van der Waals surface area contributed by atoms with Crippen molar-refractivity contribution in [3.05, 3.63) is 51.5 Å². The molecular weight excluding hydrogens is 494 g/mol. The van der Waals surface area contributed by atoms with Crippen molar-refractivity contribution >= 4 is 45.6 Å². The number of ether oxygens (including phenoxy) is 3. The second kappa shape index (κ2) is 12.6.